The Bertz CT molecular complexity index is 92.2. The summed E-state index contributed by atoms with van der Waals surface area (Å²) < 4.78 is 0. The van der Waals surface area contributed by atoms with Crippen molar-refractivity contribution in [1.29, 1.82) is 0 Å². The largest absolute Gasteiger partial charge is 0.331 e. The van der Waals surface area contributed by atoms with E-state index in [1.54, 1.807) is 0 Å². The molecular formula is C14H33BrClN. The number of alkyl halides is 1. The van der Waals surface area contributed by atoms with Gasteiger partial charge in [-0.1, -0.05) is 87.6 Å². The summed E-state index contributed by atoms with van der Waals surface area (Å²) in [5, 5.41) is 1.18. The molecule has 0 rings (SSSR count). The van der Waals surface area contributed by atoms with Crippen LogP contribution in [0.2, 0.25) is 0 Å². The smallest absolute Gasteiger partial charge is 0.00313 e. The van der Waals surface area contributed by atoms with Crippen LogP contribution in [0, 0.1) is 0 Å². The lowest BCUT2D eigenvalue weighted by atomic mass is 10.1. The van der Waals surface area contributed by atoms with E-state index in [2.05, 4.69) is 22.9 Å². The van der Waals surface area contributed by atoms with Crippen molar-refractivity contribution < 1.29 is 0 Å². The highest BCUT2D eigenvalue weighted by molar-refractivity contribution is 9.09. The molecule has 0 aromatic rings. The first-order valence-electron chi connectivity index (χ1n) is 7.09. The van der Waals surface area contributed by atoms with Gasteiger partial charge in [0.05, 0.1) is 0 Å². The van der Waals surface area contributed by atoms with E-state index >= 15 is 0 Å². The second-order valence-corrected chi connectivity index (χ2v) is 5.07. The predicted molar refractivity (Wildman–Crippen MR) is 87.6 cm³/mol. The van der Waals surface area contributed by atoms with Crippen LogP contribution >= 0.6 is 28.3 Å². The number of hydrogen-bond acceptors (Lipinski definition) is 1. The summed E-state index contributed by atoms with van der Waals surface area (Å²) in [6, 6.07) is 0. The van der Waals surface area contributed by atoms with E-state index in [-0.39, 0.29) is 12.4 Å². The number of nitrogens with two attached hydrogens (primary N) is 1. The number of halogens is 2. The van der Waals surface area contributed by atoms with E-state index in [0.29, 0.717) is 0 Å². The van der Waals surface area contributed by atoms with E-state index in [9.17, 15) is 0 Å². The highest BCUT2D eigenvalue weighted by Crippen LogP contribution is 2.10. The zero-order chi connectivity index (χ0) is 12.5. The van der Waals surface area contributed by atoms with Crippen LogP contribution in [0.1, 0.15) is 78.1 Å². The van der Waals surface area contributed by atoms with Crippen LogP contribution in [-0.4, -0.2) is 11.9 Å². The Morgan fingerprint density at radius 2 is 1.00 bits per heavy atom. The Kier molecular flexibility index (Phi) is 34.4. The third-order valence-corrected chi connectivity index (χ3v) is 3.05. The molecule has 2 N–H and O–H groups in total. The summed E-state index contributed by atoms with van der Waals surface area (Å²) in [4.78, 5) is 0. The Labute approximate surface area is 124 Å². The van der Waals surface area contributed by atoms with Crippen molar-refractivity contribution in [2.75, 3.05) is 11.9 Å². The van der Waals surface area contributed by atoms with Gasteiger partial charge in [0.25, 0.3) is 0 Å². The molecule has 0 aliphatic rings. The summed E-state index contributed by atoms with van der Waals surface area (Å²) in [6.07, 6.45) is 14.3. The van der Waals surface area contributed by atoms with E-state index in [0.717, 1.165) is 6.54 Å². The van der Waals surface area contributed by atoms with Gasteiger partial charge in [-0.25, -0.2) is 0 Å². The third-order valence-electron chi connectivity index (χ3n) is 2.49. The van der Waals surface area contributed by atoms with E-state index in [1.165, 1.54) is 69.5 Å². The van der Waals surface area contributed by atoms with Crippen molar-refractivity contribution in [3.8, 4) is 0 Å². The highest BCUT2D eigenvalue weighted by Gasteiger charge is 1.91. The van der Waals surface area contributed by atoms with Gasteiger partial charge in [0.15, 0.2) is 0 Å². The maximum absolute atomic E-state index is 4.85. The summed E-state index contributed by atoms with van der Waals surface area (Å²) in [6.45, 7) is 4.93. The quantitative estimate of drug-likeness (QED) is 0.404. The minimum absolute atomic E-state index is 0. The molecule has 0 aromatic heterocycles. The summed E-state index contributed by atoms with van der Waals surface area (Å²) >= 11 is 3.46. The number of rotatable bonds is 10. The molecule has 0 bridgehead atoms. The van der Waals surface area contributed by atoms with E-state index < -0.39 is 0 Å². The lowest BCUT2D eigenvalue weighted by Gasteiger charge is -2.00. The molecule has 0 saturated carbocycles. The number of hydrogen-bond donors (Lipinski definition) is 1. The van der Waals surface area contributed by atoms with Gasteiger partial charge >= 0.3 is 0 Å². The molecule has 0 radical (unpaired) electrons. The van der Waals surface area contributed by atoms with E-state index in [4.69, 9.17) is 5.73 Å². The Morgan fingerprint density at radius 1 is 0.706 bits per heavy atom. The van der Waals surface area contributed by atoms with Crippen molar-refractivity contribution >= 4 is 28.3 Å². The maximum atomic E-state index is 4.85. The van der Waals surface area contributed by atoms with Gasteiger partial charge in [0, 0.05) is 5.33 Å². The van der Waals surface area contributed by atoms with Crippen LogP contribution in [0.3, 0.4) is 0 Å². The first-order chi connectivity index (χ1) is 7.83. The first-order valence-corrected chi connectivity index (χ1v) is 8.21. The van der Waals surface area contributed by atoms with Crippen LogP contribution < -0.4 is 5.73 Å². The van der Waals surface area contributed by atoms with Gasteiger partial charge in [-0.3, -0.25) is 0 Å². The summed E-state index contributed by atoms with van der Waals surface area (Å²) in [7, 11) is 0. The van der Waals surface area contributed by atoms with Gasteiger partial charge < -0.3 is 5.73 Å². The fourth-order valence-electron chi connectivity index (χ4n) is 1.58. The van der Waals surface area contributed by atoms with Gasteiger partial charge in [-0.15, -0.1) is 12.4 Å². The molecule has 0 aromatic carbocycles. The summed E-state index contributed by atoms with van der Waals surface area (Å²) in [5.41, 5.74) is 4.85. The van der Waals surface area contributed by atoms with Gasteiger partial charge in [0.1, 0.15) is 0 Å². The molecular weight excluding hydrogens is 298 g/mol. The topological polar surface area (TPSA) is 26.0 Å². The molecule has 0 unspecified atom stereocenters. The molecule has 108 valence electrons. The lowest BCUT2D eigenvalue weighted by molar-refractivity contribution is 0.563. The fourth-order valence-corrected chi connectivity index (χ4v) is 1.98. The molecule has 0 aliphatic heterocycles. The molecule has 0 heterocycles. The van der Waals surface area contributed by atoms with Crippen LogP contribution in [-0.2, 0) is 0 Å². The van der Waals surface area contributed by atoms with Crippen molar-refractivity contribution in [1.82, 2.24) is 0 Å². The van der Waals surface area contributed by atoms with E-state index in [1.807, 2.05) is 6.92 Å². The lowest BCUT2D eigenvalue weighted by Crippen LogP contribution is -1.87. The van der Waals surface area contributed by atoms with Crippen molar-refractivity contribution in [3.63, 3.8) is 0 Å². The molecule has 17 heavy (non-hydrogen) atoms. The van der Waals surface area contributed by atoms with Crippen LogP contribution in [0.5, 0.6) is 0 Å². The molecule has 1 nitrogen and oxygen atoms in total. The van der Waals surface area contributed by atoms with Gasteiger partial charge in [-0.2, -0.15) is 0 Å². The van der Waals surface area contributed by atoms with Gasteiger partial charge in [-0.05, 0) is 13.0 Å². The first kappa shape index (κ1) is 22.9. The van der Waals surface area contributed by atoms with Crippen LogP contribution in [0.15, 0.2) is 0 Å². The van der Waals surface area contributed by atoms with Crippen molar-refractivity contribution in [3.05, 3.63) is 0 Å². The minimum atomic E-state index is 0. The zero-order valence-electron chi connectivity index (χ0n) is 11.8. The summed E-state index contributed by atoms with van der Waals surface area (Å²) in [5.74, 6) is 0. The monoisotopic (exact) mass is 329 g/mol. The third kappa shape index (κ3) is 31.5. The molecule has 3 heteroatoms. The average molecular weight is 331 g/mol. The zero-order valence-corrected chi connectivity index (χ0v) is 14.3. The standard InChI is InChI=1S/C12H25Br.C2H7N.ClH/c1-2-3-4-5-6-7-8-9-10-11-12-13;1-2-3;/h2-12H2,1H3;2-3H2,1H3;1H. The predicted octanol–water partition coefficient (Wildman–Crippen LogP) is 5.69. The Hall–Kier alpha value is 0.730. The maximum Gasteiger partial charge on any atom is 0.00313 e. The average Bonchev–Trinajstić information content (AvgIpc) is 2.28. The Balaban J connectivity index is -0.000000440. The minimum Gasteiger partial charge on any atom is -0.331 e. The molecule has 0 saturated heterocycles. The SMILES string of the molecule is CCCCCCCCCCCCBr.CCN.Cl. The van der Waals surface area contributed by atoms with Gasteiger partial charge in [0.2, 0.25) is 0 Å². The molecule has 0 fully saturated rings. The second kappa shape index (κ2) is 25.5. The van der Waals surface area contributed by atoms with Crippen molar-refractivity contribution in [2.45, 2.75) is 78.1 Å². The van der Waals surface area contributed by atoms with Crippen LogP contribution in [0.25, 0.3) is 0 Å². The molecule has 0 amide bonds. The normalized spacial score (nSPS) is 9.18. The van der Waals surface area contributed by atoms with Crippen molar-refractivity contribution in [2.24, 2.45) is 5.73 Å². The molecule has 0 atom stereocenters. The van der Waals surface area contributed by atoms with Crippen LogP contribution in [0.4, 0.5) is 0 Å². The number of unbranched alkanes of at least 4 members (excludes halogenated alkanes) is 9. The second-order valence-electron chi connectivity index (χ2n) is 4.28. The highest BCUT2D eigenvalue weighted by atomic mass is 79.9. The fraction of sp³-hybridized carbons (Fsp3) is 1.00. The molecule has 0 aliphatic carbocycles. The Morgan fingerprint density at radius 3 is 1.29 bits per heavy atom. The molecule has 0 spiro atoms.